The first-order valence-corrected chi connectivity index (χ1v) is 11.7. The van der Waals surface area contributed by atoms with E-state index in [1.165, 1.54) is 16.8 Å². The first-order chi connectivity index (χ1) is 16.4. The van der Waals surface area contributed by atoms with Crippen molar-refractivity contribution in [1.29, 1.82) is 0 Å². The van der Waals surface area contributed by atoms with Crippen LogP contribution in [0.5, 0.6) is 0 Å². The van der Waals surface area contributed by atoms with Gasteiger partial charge in [-0.05, 0) is 74.3 Å². The van der Waals surface area contributed by atoms with Gasteiger partial charge in [0.05, 0.1) is 5.69 Å². The minimum atomic E-state index is -0.294. The summed E-state index contributed by atoms with van der Waals surface area (Å²) < 4.78 is 15.3. The molecule has 0 amide bonds. The van der Waals surface area contributed by atoms with Crippen molar-refractivity contribution in [2.45, 2.75) is 20.8 Å². The number of hydrogen-bond donors (Lipinski definition) is 1. The van der Waals surface area contributed by atoms with Gasteiger partial charge in [0, 0.05) is 54.6 Å². The van der Waals surface area contributed by atoms with Crippen LogP contribution in [0.1, 0.15) is 27.8 Å². The molecule has 1 aliphatic heterocycles. The summed E-state index contributed by atoms with van der Waals surface area (Å²) in [6.45, 7) is 10.5. The first-order valence-electron chi connectivity index (χ1n) is 11.7. The number of benzene rings is 2. The smallest absolute Gasteiger partial charge is 0.160 e. The van der Waals surface area contributed by atoms with Gasteiger partial charge in [-0.1, -0.05) is 24.3 Å². The maximum atomic E-state index is 15.3. The molecule has 2 aromatic heterocycles. The molecular weight excluding hydrogens is 425 g/mol. The number of piperazine rings is 1. The topological polar surface area (TPSA) is 48.1 Å². The molecule has 0 radical (unpaired) electrons. The fourth-order valence-corrected chi connectivity index (χ4v) is 4.86. The van der Waals surface area contributed by atoms with Crippen molar-refractivity contribution in [1.82, 2.24) is 20.1 Å². The molecule has 4 aromatic rings. The molecule has 0 saturated carbocycles. The third-order valence-corrected chi connectivity index (χ3v) is 6.77. The van der Waals surface area contributed by atoms with Crippen LogP contribution in [0.15, 0.2) is 48.7 Å². The molecule has 0 atom stereocenters. The Kier molecular flexibility index (Phi) is 5.92. The number of likely N-dealkylation sites (N-methyl/N-ethyl adjacent to an activating group) is 1. The predicted molar refractivity (Wildman–Crippen MR) is 139 cm³/mol. The molecule has 0 bridgehead atoms. The normalized spacial score (nSPS) is 15.3. The van der Waals surface area contributed by atoms with Crippen LogP contribution < -0.4 is 4.90 Å². The van der Waals surface area contributed by atoms with Crippen molar-refractivity contribution in [3.05, 3.63) is 76.5 Å². The van der Waals surface area contributed by atoms with Crippen LogP contribution in [0, 0.1) is 20.8 Å². The van der Waals surface area contributed by atoms with E-state index in [1.54, 1.807) is 12.3 Å². The highest BCUT2D eigenvalue weighted by Gasteiger charge is 2.19. The average Bonchev–Trinajstić information content (AvgIpc) is 3.25. The molecule has 0 spiro atoms. The second-order valence-corrected chi connectivity index (χ2v) is 9.29. The summed E-state index contributed by atoms with van der Waals surface area (Å²) in [4.78, 5) is 7.90. The minimum absolute atomic E-state index is 0.294. The van der Waals surface area contributed by atoms with Gasteiger partial charge in [0.25, 0.3) is 0 Å². The molecule has 1 N–H and O–H groups in total. The number of nitrogens with zero attached hydrogens (tertiary/aromatic N) is 4. The molecule has 2 aromatic carbocycles. The Labute approximate surface area is 199 Å². The van der Waals surface area contributed by atoms with Crippen LogP contribution in [-0.2, 0) is 0 Å². The lowest BCUT2D eigenvalue weighted by molar-refractivity contribution is 0.312. The minimum Gasteiger partial charge on any atom is -0.369 e. The van der Waals surface area contributed by atoms with E-state index in [4.69, 9.17) is 0 Å². The van der Waals surface area contributed by atoms with Crippen molar-refractivity contribution < 1.29 is 4.39 Å². The molecule has 1 saturated heterocycles. The highest BCUT2D eigenvalue weighted by Crippen LogP contribution is 2.33. The van der Waals surface area contributed by atoms with Gasteiger partial charge in [0.1, 0.15) is 5.83 Å². The molecule has 5 rings (SSSR count). The molecular formula is C28H30FN5. The number of aryl methyl sites for hydroxylation is 3. The Balaban J connectivity index is 1.51. The van der Waals surface area contributed by atoms with Gasteiger partial charge in [0.15, 0.2) is 5.65 Å². The second-order valence-electron chi connectivity index (χ2n) is 9.29. The standard InChI is InChI=1S/C28H30FN5/c1-18-7-5-6-8-21(18)15-25(29)24-17-30-28-23(24)16-26(31-32-28)22-13-19(2)27(20(3)14-22)34-11-9-33(4)10-12-34/h5-8,13-17H,9-12H2,1-4H3,(H,30,32)/b25-15-. The molecule has 1 fully saturated rings. The van der Waals surface area contributed by atoms with Crippen molar-refractivity contribution in [2.75, 3.05) is 38.1 Å². The van der Waals surface area contributed by atoms with E-state index in [0.29, 0.717) is 11.2 Å². The average molecular weight is 456 g/mol. The fourth-order valence-electron chi connectivity index (χ4n) is 4.86. The Morgan fingerprint density at radius 2 is 1.65 bits per heavy atom. The van der Waals surface area contributed by atoms with Gasteiger partial charge in [0.2, 0.25) is 0 Å². The van der Waals surface area contributed by atoms with Gasteiger partial charge in [-0.15, -0.1) is 10.2 Å². The van der Waals surface area contributed by atoms with E-state index in [1.807, 2.05) is 37.3 Å². The van der Waals surface area contributed by atoms with Crippen LogP contribution in [0.2, 0.25) is 0 Å². The van der Waals surface area contributed by atoms with Crippen LogP contribution in [0.4, 0.5) is 10.1 Å². The third kappa shape index (κ3) is 4.21. The van der Waals surface area contributed by atoms with Crippen molar-refractivity contribution in [2.24, 2.45) is 0 Å². The van der Waals surface area contributed by atoms with Crippen LogP contribution in [-0.4, -0.2) is 53.3 Å². The van der Waals surface area contributed by atoms with Crippen LogP contribution in [0.3, 0.4) is 0 Å². The molecule has 34 heavy (non-hydrogen) atoms. The maximum absolute atomic E-state index is 15.3. The molecule has 0 aliphatic carbocycles. The highest BCUT2D eigenvalue weighted by atomic mass is 19.1. The zero-order valence-corrected chi connectivity index (χ0v) is 20.2. The molecule has 3 heterocycles. The number of rotatable bonds is 4. The zero-order valence-electron chi connectivity index (χ0n) is 20.2. The maximum Gasteiger partial charge on any atom is 0.160 e. The summed E-state index contributed by atoms with van der Waals surface area (Å²) in [6, 6.07) is 14.0. The summed E-state index contributed by atoms with van der Waals surface area (Å²) in [7, 11) is 2.17. The second kappa shape index (κ2) is 9.03. The zero-order chi connectivity index (χ0) is 23.8. The van der Waals surface area contributed by atoms with E-state index in [9.17, 15) is 0 Å². The summed E-state index contributed by atoms with van der Waals surface area (Å²) in [6.07, 6.45) is 3.25. The Morgan fingerprint density at radius 3 is 2.35 bits per heavy atom. The fraction of sp³-hybridized carbons (Fsp3) is 0.286. The van der Waals surface area contributed by atoms with Gasteiger partial charge in [-0.2, -0.15) is 0 Å². The molecule has 0 unspecified atom stereocenters. The summed E-state index contributed by atoms with van der Waals surface area (Å²) in [5, 5.41) is 9.52. The van der Waals surface area contributed by atoms with Crippen LogP contribution >= 0.6 is 0 Å². The molecule has 1 aliphatic rings. The summed E-state index contributed by atoms with van der Waals surface area (Å²) in [5.74, 6) is -0.294. The van der Waals surface area contributed by atoms with Crippen molar-refractivity contribution in [3.8, 4) is 11.3 Å². The van der Waals surface area contributed by atoms with Gasteiger partial charge >= 0.3 is 0 Å². The number of nitrogens with one attached hydrogen (secondary N) is 1. The largest absolute Gasteiger partial charge is 0.369 e. The van der Waals surface area contributed by atoms with Crippen molar-refractivity contribution in [3.63, 3.8) is 0 Å². The molecule has 174 valence electrons. The van der Waals surface area contributed by atoms with Gasteiger partial charge in [-0.25, -0.2) is 4.39 Å². The predicted octanol–water partition coefficient (Wildman–Crippen LogP) is 5.77. The number of fused-ring (bicyclic) bond motifs is 1. The molecule has 6 heteroatoms. The quantitative estimate of drug-likeness (QED) is 0.424. The Hall–Kier alpha value is -3.51. The summed E-state index contributed by atoms with van der Waals surface area (Å²) >= 11 is 0. The third-order valence-electron chi connectivity index (χ3n) is 6.77. The van der Waals surface area contributed by atoms with Gasteiger partial charge in [-0.3, -0.25) is 0 Å². The van der Waals surface area contributed by atoms with Crippen LogP contribution in [0.25, 0.3) is 34.2 Å². The number of aromatic amines is 1. The number of aromatic nitrogens is 3. The number of H-pyrrole nitrogens is 1. The van der Waals surface area contributed by atoms with E-state index in [0.717, 1.165) is 53.9 Å². The highest BCUT2D eigenvalue weighted by molar-refractivity contribution is 5.94. The lowest BCUT2D eigenvalue weighted by Crippen LogP contribution is -2.45. The Bertz CT molecular complexity index is 1360. The number of halogens is 1. The Morgan fingerprint density at radius 1 is 0.941 bits per heavy atom. The van der Waals surface area contributed by atoms with E-state index in [-0.39, 0.29) is 5.83 Å². The lowest BCUT2D eigenvalue weighted by atomic mass is 10.00. The number of hydrogen-bond acceptors (Lipinski definition) is 4. The van der Waals surface area contributed by atoms with Gasteiger partial charge < -0.3 is 14.8 Å². The van der Waals surface area contributed by atoms with Crippen molar-refractivity contribution >= 4 is 28.6 Å². The SMILES string of the molecule is Cc1ccccc1/C=C(\F)c1c[nH]c2nnc(-c3cc(C)c(N4CCN(C)CC4)c(C)c3)cc12. The molecule has 5 nitrogen and oxygen atoms in total. The van der Waals surface area contributed by atoms with E-state index in [2.05, 4.69) is 58.0 Å². The van der Waals surface area contributed by atoms with E-state index < -0.39 is 0 Å². The van der Waals surface area contributed by atoms with E-state index >= 15 is 4.39 Å². The monoisotopic (exact) mass is 455 g/mol. The summed E-state index contributed by atoms with van der Waals surface area (Å²) in [5.41, 5.74) is 8.47. The lowest BCUT2D eigenvalue weighted by Gasteiger charge is -2.36. The number of anilines is 1. The first kappa shape index (κ1) is 22.3.